The Morgan fingerprint density at radius 1 is 0.611 bits per heavy atom. The number of aliphatic hydroxyl groups excluding tert-OH is 1. The molecule has 204 valence electrons. The molecule has 1 aliphatic rings. The van der Waals surface area contributed by atoms with E-state index in [2.05, 4.69) is 0 Å². The smallest absolute Gasteiger partial charge is 0.494 e. The summed E-state index contributed by atoms with van der Waals surface area (Å²) in [5.41, 5.74) is 2.07. The van der Waals surface area contributed by atoms with Crippen LogP contribution in [0.1, 0.15) is 35.1 Å². The number of aliphatic hydroxyl groups is 1. The van der Waals surface area contributed by atoms with Crippen LogP contribution >= 0.6 is 0 Å². The molecular weight excluding hydrogens is 508 g/mol. The van der Waals surface area contributed by atoms with Gasteiger partial charge in [-0.25, -0.2) is 0 Å². The maximum Gasteiger partial charge on any atom is 0.500 e. The van der Waals surface area contributed by atoms with E-state index in [1.807, 2.05) is 0 Å². The normalized spacial score (nSPS) is 13.7. The Morgan fingerprint density at radius 3 is 1.28 bits per heavy atom. The zero-order valence-corrected chi connectivity index (χ0v) is 23.5. The molecule has 0 atom stereocenters. The van der Waals surface area contributed by atoms with Gasteiger partial charge in [-0.15, -0.1) is 0 Å². The third-order valence-corrected chi connectivity index (χ3v) is 13.2. The molecule has 0 radical (unpaired) electrons. The van der Waals surface area contributed by atoms with Crippen LogP contribution in [0.5, 0.6) is 23.5 Å². The first kappa shape index (κ1) is 28.5. The fourth-order valence-corrected chi connectivity index (χ4v) is 8.32. The van der Waals surface area contributed by atoms with Crippen molar-refractivity contribution < 1.29 is 47.7 Å². The summed E-state index contributed by atoms with van der Waals surface area (Å²) in [6.45, 7) is 0.603. The van der Waals surface area contributed by atoms with Gasteiger partial charge in [-0.1, -0.05) is 0 Å². The minimum absolute atomic E-state index is 0.0711. The number of hydrogen-bond donors (Lipinski definition) is 5. The van der Waals surface area contributed by atoms with E-state index in [1.54, 1.807) is 0 Å². The van der Waals surface area contributed by atoms with Gasteiger partial charge in [0, 0.05) is 89.8 Å². The molecule has 1 aliphatic carbocycles. The first-order chi connectivity index (χ1) is 17.2. The zero-order valence-electron chi connectivity index (χ0n) is 21.5. The first-order valence-corrected chi connectivity index (χ1v) is 15.9. The fourth-order valence-electron chi connectivity index (χ4n) is 4.92. The van der Waals surface area contributed by atoms with Crippen LogP contribution in [0.4, 0.5) is 0 Å². The molecule has 0 bridgehead atoms. The van der Waals surface area contributed by atoms with E-state index in [4.69, 9.17) is 22.1 Å². The molecule has 0 amide bonds. The standard InChI is InChI=1S/C22H38N2O10Si2/c1-30-35(14-25,31-2)10-6-8-23-19(26)15-12-17-18(13-16(15)20(23)27)22(29)24(21(17)28)9-7-11-36(32-3,33-4)34-5/h25-29H,6-14H2,1-5H3. The lowest BCUT2D eigenvalue weighted by Crippen LogP contribution is -2.44. The summed E-state index contributed by atoms with van der Waals surface area (Å²) < 4.78 is 29.9. The summed E-state index contributed by atoms with van der Waals surface area (Å²) in [6.07, 6.45) is 1.19. The zero-order chi connectivity index (χ0) is 26.7. The van der Waals surface area contributed by atoms with E-state index >= 15 is 0 Å². The van der Waals surface area contributed by atoms with Crippen LogP contribution in [0.25, 0.3) is 0 Å². The average molecular weight is 547 g/mol. The van der Waals surface area contributed by atoms with Gasteiger partial charge in [0.05, 0.1) is 6.23 Å². The molecule has 3 rings (SSSR count). The van der Waals surface area contributed by atoms with Gasteiger partial charge >= 0.3 is 17.4 Å². The van der Waals surface area contributed by atoms with Gasteiger partial charge in [0.1, 0.15) is 0 Å². The first-order valence-electron chi connectivity index (χ1n) is 11.8. The number of rotatable bonds is 14. The van der Waals surface area contributed by atoms with Crippen molar-refractivity contribution in [3.05, 3.63) is 22.3 Å². The van der Waals surface area contributed by atoms with Crippen LogP contribution in [-0.2, 0) is 48.1 Å². The quantitative estimate of drug-likeness (QED) is 0.188. The van der Waals surface area contributed by atoms with E-state index < -0.39 is 17.4 Å². The van der Waals surface area contributed by atoms with Crippen LogP contribution in [0, 0.1) is 0 Å². The monoisotopic (exact) mass is 546 g/mol. The third-order valence-electron chi connectivity index (χ3n) is 7.26. The molecule has 0 unspecified atom stereocenters. The Hall–Kier alpha value is -2.05. The lowest BCUT2D eigenvalue weighted by Gasteiger charge is -2.25. The van der Waals surface area contributed by atoms with E-state index in [1.165, 1.54) is 44.7 Å². The number of aromatic nitrogens is 2. The summed E-state index contributed by atoms with van der Waals surface area (Å²) >= 11 is 0. The Morgan fingerprint density at radius 2 is 0.972 bits per heavy atom. The number of aromatic hydroxyl groups is 4. The maximum absolute atomic E-state index is 10.9. The number of hydrogen-bond acceptors (Lipinski definition) is 10. The van der Waals surface area contributed by atoms with Crippen molar-refractivity contribution in [1.29, 1.82) is 0 Å². The Labute approximate surface area is 212 Å². The molecule has 0 saturated heterocycles. The predicted octanol–water partition coefficient (Wildman–Crippen LogP) is 1.53. The lowest BCUT2D eigenvalue weighted by molar-refractivity contribution is 0.122. The highest BCUT2D eigenvalue weighted by Gasteiger charge is 2.38. The Kier molecular flexibility index (Phi) is 9.16. The molecule has 36 heavy (non-hydrogen) atoms. The molecule has 0 fully saturated rings. The van der Waals surface area contributed by atoms with Gasteiger partial charge in [-0.05, 0) is 18.9 Å². The highest BCUT2D eigenvalue weighted by Crippen LogP contribution is 2.47. The molecule has 12 nitrogen and oxygen atoms in total. The minimum atomic E-state index is -2.78. The maximum atomic E-state index is 10.9. The van der Waals surface area contributed by atoms with Gasteiger partial charge in [0.25, 0.3) is 0 Å². The van der Waals surface area contributed by atoms with Crippen molar-refractivity contribution >= 4 is 17.4 Å². The van der Waals surface area contributed by atoms with Gasteiger partial charge in [-0.2, -0.15) is 0 Å². The van der Waals surface area contributed by atoms with Crippen molar-refractivity contribution in [2.75, 3.05) is 41.8 Å². The summed E-state index contributed by atoms with van der Waals surface area (Å²) in [7, 11) is 2.10. The number of nitrogens with zero attached hydrogens (tertiary/aromatic N) is 2. The summed E-state index contributed by atoms with van der Waals surface area (Å²) in [5.74, 6) is -0.305. The topological polar surface area (TPSA) is 157 Å². The lowest BCUT2D eigenvalue weighted by atomic mass is 9.90. The third kappa shape index (κ3) is 5.04. The van der Waals surface area contributed by atoms with Gasteiger partial charge in [-0.3, -0.25) is 9.13 Å². The van der Waals surface area contributed by atoms with Crippen LogP contribution in [0.15, 0.2) is 0 Å². The summed E-state index contributed by atoms with van der Waals surface area (Å²) in [6, 6.07) is 0.974. The van der Waals surface area contributed by atoms with Gasteiger partial charge in [0.15, 0.2) is 23.5 Å². The highest BCUT2D eigenvalue weighted by molar-refractivity contribution is 6.67. The van der Waals surface area contributed by atoms with Crippen LogP contribution < -0.4 is 0 Å². The molecule has 0 spiro atoms. The Bertz CT molecular complexity index is 897. The summed E-state index contributed by atoms with van der Waals surface area (Å²) in [5, 5.41) is 53.2. The van der Waals surface area contributed by atoms with Crippen LogP contribution in [0.3, 0.4) is 0 Å². The molecule has 0 saturated carbocycles. The van der Waals surface area contributed by atoms with E-state index in [0.29, 0.717) is 60.3 Å². The van der Waals surface area contributed by atoms with Crippen LogP contribution in [0.2, 0.25) is 12.1 Å². The van der Waals surface area contributed by atoms with Crippen LogP contribution in [-0.4, -0.2) is 93.8 Å². The second-order valence-corrected chi connectivity index (χ2v) is 15.4. The molecule has 0 aliphatic heterocycles. The molecule has 5 N–H and O–H groups in total. The fraction of sp³-hybridized carbons (Fsp3) is 0.636. The van der Waals surface area contributed by atoms with Gasteiger partial charge in [0.2, 0.25) is 0 Å². The minimum Gasteiger partial charge on any atom is -0.494 e. The molecule has 2 aromatic heterocycles. The largest absolute Gasteiger partial charge is 0.500 e. The second kappa shape index (κ2) is 11.6. The van der Waals surface area contributed by atoms with Crippen molar-refractivity contribution in [2.24, 2.45) is 0 Å². The van der Waals surface area contributed by atoms with Crippen molar-refractivity contribution in [2.45, 2.75) is 50.9 Å². The molecule has 2 aromatic rings. The highest BCUT2D eigenvalue weighted by atomic mass is 28.4. The average Bonchev–Trinajstić information content (AvgIpc) is 3.28. The van der Waals surface area contributed by atoms with E-state index in [9.17, 15) is 25.5 Å². The SMILES string of the molecule is CO[Si](CO)(CCCn1c(O)c2c(c1O)Cc1c(c(O)n(CCC[Si](OC)(OC)OC)c1O)C2)OC. The molecule has 2 heterocycles. The summed E-state index contributed by atoms with van der Waals surface area (Å²) in [4.78, 5) is 0. The van der Waals surface area contributed by atoms with E-state index in [0.717, 1.165) is 0 Å². The van der Waals surface area contributed by atoms with E-state index in [-0.39, 0.29) is 42.6 Å². The van der Waals surface area contributed by atoms with Crippen molar-refractivity contribution in [3.8, 4) is 23.5 Å². The van der Waals surface area contributed by atoms with Crippen molar-refractivity contribution in [1.82, 2.24) is 9.13 Å². The predicted molar refractivity (Wildman–Crippen MR) is 134 cm³/mol. The second-order valence-electron chi connectivity index (χ2n) is 8.85. The molecule has 14 heteroatoms. The van der Waals surface area contributed by atoms with Gasteiger partial charge < -0.3 is 47.7 Å². The van der Waals surface area contributed by atoms with Crippen molar-refractivity contribution in [3.63, 3.8) is 0 Å². The molecular formula is C22H38N2O10Si2. The molecule has 0 aromatic carbocycles. The number of fused-ring (bicyclic) bond motifs is 2. The Balaban J connectivity index is 1.77.